The molecule has 0 bridgehead atoms. The van der Waals surface area contributed by atoms with Gasteiger partial charge in [-0.2, -0.15) is 0 Å². The highest BCUT2D eigenvalue weighted by Crippen LogP contribution is 2.42. The van der Waals surface area contributed by atoms with Crippen molar-refractivity contribution in [1.82, 2.24) is 0 Å². The van der Waals surface area contributed by atoms with Crippen molar-refractivity contribution in [2.75, 3.05) is 7.11 Å². The van der Waals surface area contributed by atoms with Gasteiger partial charge >= 0.3 is 11.9 Å². The molecule has 0 N–H and O–H groups in total. The molecule has 7 heteroatoms. The number of sulfone groups is 1. The zero-order chi connectivity index (χ0) is 21.9. The SMILES string of the molecule is COC(=O)c1ccc(COC(=O)C2(S(=O)(=O)c3ccc(C)c(C)c3)CCCC2)cc1. The van der Waals surface area contributed by atoms with Crippen molar-refractivity contribution in [2.24, 2.45) is 0 Å². The summed E-state index contributed by atoms with van der Waals surface area (Å²) in [5.74, 6) is -1.17. The van der Waals surface area contributed by atoms with Gasteiger partial charge in [0.1, 0.15) is 6.61 Å². The highest BCUT2D eigenvalue weighted by atomic mass is 32.2. The predicted molar refractivity (Wildman–Crippen MR) is 112 cm³/mol. The minimum Gasteiger partial charge on any atom is -0.465 e. The maximum Gasteiger partial charge on any atom is 0.337 e. The number of carbonyl (C=O) groups excluding carboxylic acids is 2. The van der Waals surface area contributed by atoms with E-state index in [-0.39, 0.29) is 24.3 Å². The Balaban J connectivity index is 1.82. The number of benzene rings is 2. The van der Waals surface area contributed by atoms with E-state index in [4.69, 9.17) is 4.74 Å². The van der Waals surface area contributed by atoms with E-state index in [2.05, 4.69) is 4.74 Å². The average Bonchev–Trinajstić information content (AvgIpc) is 3.25. The minimum absolute atomic E-state index is 0.0650. The predicted octanol–water partition coefficient (Wildman–Crippen LogP) is 3.92. The van der Waals surface area contributed by atoms with E-state index in [0.29, 0.717) is 24.0 Å². The number of carbonyl (C=O) groups is 2. The molecule has 0 atom stereocenters. The van der Waals surface area contributed by atoms with Crippen LogP contribution in [0.4, 0.5) is 0 Å². The van der Waals surface area contributed by atoms with Crippen molar-refractivity contribution >= 4 is 21.8 Å². The van der Waals surface area contributed by atoms with E-state index >= 15 is 0 Å². The van der Waals surface area contributed by atoms with Crippen molar-refractivity contribution in [2.45, 2.75) is 55.8 Å². The molecule has 0 amide bonds. The number of aryl methyl sites for hydroxylation is 2. The Labute approximate surface area is 177 Å². The molecule has 0 heterocycles. The molecule has 1 fully saturated rings. The maximum absolute atomic E-state index is 13.5. The molecule has 6 nitrogen and oxygen atoms in total. The molecule has 1 saturated carbocycles. The summed E-state index contributed by atoms with van der Waals surface area (Å²) in [7, 11) is -2.60. The Morgan fingerprint density at radius 2 is 1.60 bits per heavy atom. The Bertz CT molecular complexity index is 1050. The van der Waals surface area contributed by atoms with Gasteiger partial charge in [-0.3, -0.25) is 4.79 Å². The van der Waals surface area contributed by atoms with E-state index in [1.165, 1.54) is 7.11 Å². The lowest BCUT2D eigenvalue weighted by Crippen LogP contribution is -2.45. The zero-order valence-electron chi connectivity index (χ0n) is 17.4. The van der Waals surface area contributed by atoms with E-state index in [1.807, 2.05) is 13.8 Å². The smallest absolute Gasteiger partial charge is 0.337 e. The summed E-state index contributed by atoms with van der Waals surface area (Å²) in [5.41, 5.74) is 2.90. The third-order valence-corrected chi connectivity index (χ3v) is 8.31. The lowest BCUT2D eigenvalue weighted by molar-refractivity contribution is -0.148. The van der Waals surface area contributed by atoms with Crippen LogP contribution in [0.15, 0.2) is 47.4 Å². The molecular weight excluding hydrogens is 404 g/mol. The number of rotatable bonds is 6. The van der Waals surface area contributed by atoms with Crippen LogP contribution in [0.5, 0.6) is 0 Å². The summed E-state index contributed by atoms with van der Waals surface area (Å²) in [6.07, 6.45) is 1.82. The third kappa shape index (κ3) is 3.99. The molecule has 160 valence electrons. The molecule has 2 aromatic rings. The van der Waals surface area contributed by atoms with Gasteiger partial charge in [-0.15, -0.1) is 0 Å². The van der Waals surface area contributed by atoms with Gasteiger partial charge in [-0.1, -0.05) is 31.0 Å². The second-order valence-electron chi connectivity index (χ2n) is 7.72. The molecule has 1 aliphatic carbocycles. The Kier molecular flexibility index (Phi) is 6.31. The summed E-state index contributed by atoms with van der Waals surface area (Å²) >= 11 is 0. The summed E-state index contributed by atoms with van der Waals surface area (Å²) in [6.45, 7) is 3.70. The van der Waals surface area contributed by atoms with Gasteiger partial charge < -0.3 is 9.47 Å². The first-order chi connectivity index (χ1) is 14.2. The van der Waals surface area contributed by atoms with Crippen molar-refractivity contribution in [3.05, 3.63) is 64.7 Å². The first kappa shape index (κ1) is 22.0. The molecule has 0 saturated heterocycles. The van der Waals surface area contributed by atoms with Gasteiger partial charge in [-0.05, 0) is 67.6 Å². The largest absolute Gasteiger partial charge is 0.465 e. The van der Waals surface area contributed by atoms with Crippen LogP contribution in [0, 0.1) is 13.8 Å². The van der Waals surface area contributed by atoms with Crippen LogP contribution >= 0.6 is 0 Å². The van der Waals surface area contributed by atoms with Crippen molar-refractivity contribution < 1.29 is 27.5 Å². The molecule has 0 aromatic heterocycles. The van der Waals surface area contributed by atoms with Crippen LogP contribution < -0.4 is 0 Å². The van der Waals surface area contributed by atoms with Gasteiger partial charge in [0.25, 0.3) is 0 Å². The van der Waals surface area contributed by atoms with E-state index in [1.54, 1.807) is 42.5 Å². The summed E-state index contributed by atoms with van der Waals surface area (Å²) in [6, 6.07) is 11.4. The Morgan fingerprint density at radius 3 is 2.17 bits per heavy atom. The minimum atomic E-state index is -3.90. The normalized spacial score (nSPS) is 15.6. The summed E-state index contributed by atoms with van der Waals surface area (Å²) in [5, 5.41) is 0. The quantitative estimate of drug-likeness (QED) is 0.646. The number of ether oxygens (including phenoxy) is 2. The van der Waals surface area contributed by atoms with Gasteiger partial charge in [0.15, 0.2) is 14.6 Å². The van der Waals surface area contributed by atoms with Crippen LogP contribution in [0.3, 0.4) is 0 Å². The number of esters is 2. The highest BCUT2D eigenvalue weighted by Gasteiger charge is 2.54. The van der Waals surface area contributed by atoms with Gasteiger partial charge in [0.2, 0.25) is 0 Å². The Hall–Kier alpha value is -2.67. The first-order valence-electron chi connectivity index (χ1n) is 9.88. The fourth-order valence-electron chi connectivity index (χ4n) is 3.77. The molecular formula is C23H26O6S. The monoisotopic (exact) mass is 430 g/mol. The molecule has 2 aromatic carbocycles. The molecule has 30 heavy (non-hydrogen) atoms. The molecule has 0 aliphatic heterocycles. The van der Waals surface area contributed by atoms with Crippen LogP contribution in [0.2, 0.25) is 0 Å². The second-order valence-corrected chi connectivity index (χ2v) is 9.98. The lowest BCUT2D eigenvalue weighted by atomic mass is 10.1. The highest BCUT2D eigenvalue weighted by molar-refractivity contribution is 7.93. The molecule has 0 unspecified atom stereocenters. The standard InChI is InChI=1S/C23H26O6S/c1-16-6-11-20(14-17(16)2)30(26,27)23(12-4-5-13-23)22(25)29-15-18-7-9-19(10-8-18)21(24)28-3/h6-11,14H,4-5,12-13,15H2,1-3H3. The van der Waals surface area contributed by atoms with Crippen LogP contribution in [-0.4, -0.2) is 32.2 Å². The fourth-order valence-corrected chi connectivity index (χ4v) is 5.91. The number of methoxy groups -OCH3 is 1. The molecule has 0 radical (unpaired) electrons. The fraction of sp³-hybridized carbons (Fsp3) is 0.391. The van der Waals surface area contributed by atoms with Gasteiger partial charge in [-0.25, -0.2) is 13.2 Å². The lowest BCUT2D eigenvalue weighted by Gasteiger charge is -2.27. The number of hydrogen-bond donors (Lipinski definition) is 0. The second kappa shape index (κ2) is 8.60. The maximum atomic E-state index is 13.5. The molecule has 0 spiro atoms. The van der Waals surface area contributed by atoms with Crippen LogP contribution in [-0.2, 0) is 30.7 Å². The Morgan fingerprint density at radius 1 is 0.967 bits per heavy atom. The topological polar surface area (TPSA) is 86.7 Å². The van der Waals surface area contributed by atoms with Gasteiger partial charge in [0.05, 0.1) is 17.6 Å². The molecule has 3 rings (SSSR count). The van der Waals surface area contributed by atoms with E-state index in [9.17, 15) is 18.0 Å². The van der Waals surface area contributed by atoms with Crippen LogP contribution in [0.1, 0.15) is 52.7 Å². The molecule has 1 aliphatic rings. The zero-order valence-corrected chi connectivity index (χ0v) is 18.3. The third-order valence-electron chi connectivity index (χ3n) is 5.83. The summed E-state index contributed by atoms with van der Waals surface area (Å²) < 4.78 is 35.5. The average molecular weight is 431 g/mol. The first-order valence-corrected chi connectivity index (χ1v) is 11.4. The van der Waals surface area contributed by atoms with Crippen LogP contribution in [0.25, 0.3) is 0 Å². The van der Waals surface area contributed by atoms with Crippen molar-refractivity contribution in [1.29, 1.82) is 0 Å². The van der Waals surface area contributed by atoms with Gasteiger partial charge in [0, 0.05) is 0 Å². The van der Waals surface area contributed by atoms with E-state index in [0.717, 1.165) is 11.1 Å². The van der Waals surface area contributed by atoms with Crippen molar-refractivity contribution in [3.8, 4) is 0 Å². The summed E-state index contributed by atoms with van der Waals surface area (Å²) in [4.78, 5) is 24.7. The van der Waals surface area contributed by atoms with Crippen molar-refractivity contribution in [3.63, 3.8) is 0 Å². The van der Waals surface area contributed by atoms with E-state index < -0.39 is 26.5 Å². The number of hydrogen-bond acceptors (Lipinski definition) is 6.